The normalized spacial score (nSPS) is 19.4. The van der Waals surface area contributed by atoms with E-state index in [0.717, 1.165) is 12.8 Å². The number of aromatic nitrogens is 5. The van der Waals surface area contributed by atoms with E-state index in [1.54, 1.807) is 32.3 Å². The second kappa shape index (κ2) is 12.8. The van der Waals surface area contributed by atoms with E-state index < -0.39 is 30.5 Å². The van der Waals surface area contributed by atoms with Gasteiger partial charge in [-0.05, 0) is 73.6 Å². The van der Waals surface area contributed by atoms with Crippen molar-refractivity contribution in [2.45, 2.75) is 102 Å². The molecule has 2 fully saturated rings. The summed E-state index contributed by atoms with van der Waals surface area (Å²) in [5.74, 6) is -4.15. The molecule has 0 spiro atoms. The SMILES string of the molecule is CC[C@@H](CCC(F)(F)F)CC(=O)N[C@@H](c1cnn2cc([C@@H](NC(=O)c3nonc3C)C3CCC(F)(F)CC3)nc2c1)C1CC1. The fraction of sp³-hybridized carbons (Fsp3) is 0.655. The Balaban J connectivity index is 1.35. The third-order valence-electron chi connectivity index (χ3n) is 8.72. The van der Waals surface area contributed by atoms with Gasteiger partial charge in [0.15, 0.2) is 11.3 Å². The van der Waals surface area contributed by atoms with E-state index in [2.05, 4.69) is 30.7 Å². The lowest BCUT2D eigenvalue weighted by Crippen LogP contribution is -2.37. The van der Waals surface area contributed by atoms with Gasteiger partial charge in [-0.2, -0.15) is 18.3 Å². The quantitative estimate of drug-likeness (QED) is 0.235. The number of aryl methyl sites for hydroxylation is 1. The lowest BCUT2D eigenvalue weighted by atomic mass is 9.81. The third kappa shape index (κ3) is 7.89. The number of hydrogen-bond acceptors (Lipinski definition) is 7. The second-order valence-corrected chi connectivity index (χ2v) is 12.1. The minimum absolute atomic E-state index is 0.00131. The smallest absolute Gasteiger partial charge is 0.349 e. The molecule has 0 saturated heterocycles. The molecule has 0 radical (unpaired) electrons. The number of carbonyl (C=O) groups is 2. The van der Waals surface area contributed by atoms with Crippen molar-refractivity contribution in [3.8, 4) is 0 Å². The van der Waals surface area contributed by atoms with Crippen LogP contribution in [0.1, 0.15) is 111 Å². The maximum Gasteiger partial charge on any atom is 0.389 e. The van der Waals surface area contributed by atoms with Crippen molar-refractivity contribution >= 4 is 17.5 Å². The molecule has 0 unspecified atom stereocenters. The molecule has 2 aliphatic rings. The number of imidazole rings is 1. The summed E-state index contributed by atoms with van der Waals surface area (Å²) in [6, 6.07) is 0.695. The molecule has 44 heavy (non-hydrogen) atoms. The van der Waals surface area contributed by atoms with Gasteiger partial charge in [0.05, 0.1) is 30.2 Å². The number of fused-ring (bicyclic) bond motifs is 1. The minimum Gasteiger partial charge on any atom is -0.349 e. The number of nitrogens with zero attached hydrogens (tertiary/aromatic N) is 5. The first-order valence-electron chi connectivity index (χ1n) is 15.0. The van der Waals surface area contributed by atoms with Crippen molar-refractivity contribution in [2.24, 2.45) is 17.8 Å². The molecule has 240 valence electrons. The van der Waals surface area contributed by atoms with E-state index in [1.807, 2.05) is 0 Å². The summed E-state index contributed by atoms with van der Waals surface area (Å²) in [5, 5.41) is 17.7. The predicted molar refractivity (Wildman–Crippen MR) is 146 cm³/mol. The summed E-state index contributed by atoms with van der Waals surface area (Å²) in [5.41, 5.74) is 1.86. The first-order chi connectivity index (χ1) is 20.8. The zero-order valence-electron chi connectivity index (χ0n) is 24.5. The van der Waals surface area contributed by atoms with Gasteiger partial charge in [0.2, 0.25) is 11.8 Å². The molecule has 10 nitrogen and oxygen atoms in total. The van der Waals surface area contributed by atoms with Gasteiger partial charge in [0.1, 0.15) is 5.69 Å². The minimum atomic E-state index is -4.26. The average molecular weight is 626 g/mol. The summed E-state index contributed by atoms with van der Waals surface area (Å²) in [6.07, 6.45) is -0.0461. The van der Waals surface area contributed by atoms with Crippen LogP contribution in [0.2, 0.25) is 0 Å². The molecule has 2 aliphatic carbocycles. The fourth-order valence-electron chi connectivity index (χ4n) is 5.92. The molecule has 15 heteroatoms. The average Bonchev–Trinajstić information content (AvgIpc) is 3.57. The lowest BCUT2D eigenvalue weighted by Gasteiger charge is -2.33. The number of carbonyl (C=O) groups excluding carboxylic acids is 2. The van der Waals surface area contributed by atoms with Gasteiger partial charge in [0.25, 0.3) is 5.91 Å². The number of hydrogen-bond donors (Lipinski definition) is 2. The van der Waals surface area contributed by atoms with Gasteiger partial charge in [0, 0.05) is 25.7 Å². The molecule has 2 N–H and O–H groups in total. The van der Waals surface area contributed by atoms with Gasteiger partial charge in [-0.3, -0.25) is 9.59 Å². The highest BCUT2D eigenvalue weighted by Crippen LogP contribution is 2.43. The Morgan fingerprint density at radius 1 is 1.09 bits per heavy atom. The Bertz CT molecular complexity index is 1460. The van der Waals surface area contributed by atoms with E-state index in [-0.39, 0.29) is 79.6 Å². The van der Waals surface area contributed by atoms with Crippen molar-refractivity contribution in [2.75, 3.05) is 0 Å². The second-order valence-electron chi connectivity index (χ2n) is 12.1. The molecule has 0 bridgehead atoms. The van der Waals surface area contributed by atoms with Crippen molar-refractivity contribution in [3.63, 3.8) is 0 Å². The standard InChI is InChI=1S/C29H36F5N7O3/c1-3-17(6-11-29(32,33)34)12-23(42)37-25(18-4-5-18)20-13-22-36-21(15-41(22)35-14-20)26(19-7-9-28(30,31)10-8-19)38-27(43)24-16(2)39-44-40-24/h13-15,17-19,25-26H,3-12H2,1-2H3,(H,37,42)(H,38,43)/t17-,25+,26-/m0/s1. The van der Waals surface area contributed by atoms with Crippen LogP contribution in [0.4, 0.5) is 22.0 Å². The number of halogens is 5. The van der Waals surface area contributed by atoms with Gasteiger partial charge < -0.3 is 10.6 Å². The first-order valence-corrected chi connectivity index (χ1v) is 15.0. The Labute approximate surface area is 250 Å². The Morgan fingerprint density at radius 3 is 2.41 bits per heavy atom. The van der Waals surface area contributed by atoms with Crippen LogP contribution >= 0.6 is 0 Å². The maximum absolute atomic E-state index is 14.0. The van der Waals surface area contributed by atoms with E-state index in [4.69, 9.17) is 4.98 Å². The zero-order chi connectivity index (χ0) is 31.6. The van der Waals surface area contributed by atoms with Crippen LogP contribution < -0.4 is 10.6 Å². The zero-order valence-corrected chi connectivity index (χ0v) is 24.5. The maximum atomic E-state index is 14.0. The summed E-state index contributed by atoms with van der Waals surface area (Å²) < 4.78 is 72.3. The fourth-order valence-corrected chi connectivity index (χ4v) is 5.92. The number of amides is 2. The number of nitrogens with one attached hydrogen (secondary N) is 2. The van der Waals surface area contributed by atoms with Crippen LogP contribution in [0.25, 0.3) is 5.65 Å². The van der Waals surface area contributed by atoms with Crippen molar-refractivity contribution in [1.29, 1.82) is 0 Å². The van der Waals surface area contributed by atoms with Crippen LogP contribution in [0, 0.1) is 24.7 Å². The molecule has 0 aromatic carbocycles. The Morgan fingerprint density at radius 2 is 1.80 bits per heavy atom. The Kier molecular flexibility index (Phi) is 9.21. The molecular weight excluding hydrogens is 589 g/mol. The van der Waals surface area contributed by atoms with Crippen molar-refractivity contribution < 1.29 is 36.2 Å². The van der Waals surface area contributed by atoms with Crippen LogP contribution in [-0.4, -0.2) is 48.8 Å². The summed E-state index contributed by atoms with van der Waals surface area (Å²) >= 11 is 0. The van der Waals surface area contributed by atoms with E-state index in [9.17, 15) is 31.5 Å². The molecule has 0 aliphatic heterocycles. The Hall–Kier alpha value is -3.65. The van der Waals surface area contributed by atoms with Gasteiger partial charge in [-0.1, -0.05) is 18.5 Å². The highest BCUT2D eigenvalue weighted by Gasteiger charge is 2.40. The number of alkyl halides is 5. The molecule has 5 rings (SSSR count). The molecule has 3 atom stereocenters. The first kappa shape index (κ1) is 31.8. The lowest BCUT2D eigenvalue weighted by molar-refractivity contribution is -0.139. The monoisotopic (exact) mass is 625 g/mol. The van der Waals surface area contributed by atoms with Crippen LogP contribution in [0.15, 0.2) is 23.1 Å². The van der Waals surface area contributed by atoms with Gasteiger partial charge in [-0.25, -0.2) is 22.9 Å². The molecule has 2 saturated carbocycles. The summed E-state index contributed by atoms with van der Waals surface area (Å²) in [4.78, 5) is 30.7. The molecule has 3 aromatic rings. The van der Waals surface area contributed by atoms with Crippen molar-refractivity contribution in [3.05, 3.63) is 41.1 Å². The summed E-state index contributed by atoms with van der Waals surface area (Å²) in [7, 11) is 0. The van der Waals surface area contributed by atoms with Crippen LogP contribution in [0.3, 0.4) is 0 Å². The molecule has 2 amide bonds. The highest BCUT2D eigenvalue weighted by molar-refractivity contribution is 5.93. The van der Waals surface area contributed by atoms with Crippen LogP contribution in [0.5, 0.6) is 0 Å². The molecule has 3 heterocycles. The highest BCUT2D eigenvalue weighted by atomic mass is 19.4. The largest absolute Gasteiger partial charge is 0.389 e. The van der Waals surface area contributed by atoms with Crippen LogP contribution in [-0.2, 0) is 4.79 Å². The molecular formula is C29H36F5N7O3. The van der Waals surface area contributed by atoms with Gasteiger partial charge in [-0.15, -0.1) is 0 Å². The van der Waals surface area contributed by atoms with E-state index in [0.29, 0.717) is 23.3 Å². The van der Waals surface area contributed by atoms with E-state index in [1.165, 1.54) is 4.52 Å². The van der Waals surface area contributed by atoms with E-state index >= 15 is 0 Å². The number of rotatable bonds is 12. The molecule has 3 aromatic heterocycles. The van der Waals surface area contributed by atoms with Crippen molar-refractivity contribution in [1.82, 2.24) is 35.5 Å². The topological polar surface area (TPSA) is 127 Å². The third-order valence-corrected chi connectivity index (χ3v) is 8.72. The van der Waals surface area contributed by atoms with Gasteiger partial charge >= 0.3 is 6.18 Å². The predicted octanol–water partition coefficient (Wildman–Crippen LogP) is 6.04. The summed E-state index contributed by atoms with van der Waals surface area (Å²) in [6.45, 7) is 3.34.